The lowest BCUT2D eigenvalue weighted by molar-refractivity contribution is -0.118. The molecule has 2 aliphatic rings. The molecular weight excluding hydrogens is 274 g/mol. The molecule has 1 saturated carbocycles. The van der Waals surface area contributed by atoms with Crippen molar-refractivity contribution < 1.29 is 9.59 Å². The second kappa shape index (κ2) is 5.85. The monoisotopic (exact) mass is 291 g/mol. The molecule has 0 aromatic heterocycles. The molecule has 1 heterocycles. The first kappa shape index (κ1) is 13.5. The molecule has 1 aromatic rings. The van der Waals surface area contributed by atoms with Crippen molar-refractivity contribution in [2.45, 2.75) is 18.9 Å². The molecule has 20 heavy (non-hydrogen) atoms. The number of nitrogens with one attached hydrogen (secondary N) is 3. The Kier molecular flexibility index (Phi) is 3.93. The Morgan fingerprint density at radius 1 is 1.15 bits per heavy atom. The summed E-state index contributed by atoms with van der Waals surface area (Å²) in [6.45, 7) is 0. The quantitative estimate of drug-likeness (QED) is 0.788. The number of thioether (sulfide) groups is 1. The summed E-state index contributed by atoms with van der Waals surface area (Å²) in [5.74, 6) is 1.83. The maximum Gasteiger partial charge on any atom is 0.242 e. The van der Waals surface area contributed by atoms with Gasteiger partial charge in [-0.05, 0) is 31.0 Å². The summed E-state index contributed by atoms with van der Waals surface area (Å²) in [7, 11) is 0. The molecule has 6 heteroatoms. The van der Waals surface area contributed by atoms with Gasteiger partial charge in [-0.3, -0.25) is 14.9 Å². The first-order chi connectivity index (χ1) is 9.72. The number of carbonyl (C=O) groups excluding carboxylic acids is 2. The highest BCUT2D eigenvalue weighted by atomic mass is 32.2. The van der Waals surface area contributed by atoms with E-state index < -0.39 is 0 Å². The van der Waals surface area contributed by atoms with Crippen LogP contribution in [0.2, 0.25) is 0 Å². The highest BCUT2D eigenvalue weighted by molar-refractivity contribution is 7.99. The van der Waals surface area contributed by atoms with E-state index in [1.54, 1.807) is 17.8 Å². The van der Waals surface area contributed by atoms with Crippen molar-refractivity contribution in [3.63, 3.8) is 0 Å². The van der Waals surface area contributed by atoms with E-state index in [1.807, 2.05) is 18.2 Å². The van der Waals surface area contributed by atoms with Gasteiger partial charge in [-0.25, -0.2) is 0 Å². The van der Waals surface area contributed by atoms with E-state index in [2.05, 4.69) is 16.0 Å². The number of amides is 2. The second-order valence-electron chi connectivity index (χ2n) is 5.11. The first-order valence-corrected chi connectivity index (χ1v) is 7.91. The molecule has 1 aromatic carbocycles. The van der Waals surface area contributed by atoms with Crippen LogP contribution >= 0.6 is 11.8 Å². The fraction of sp³-hybridized carbons (Fsp3) is 0.429. The Labute approximate surface area is 121 Å². The Bertz CT molecular complexity index is 525. The summed E-state index contributed by atoms with van der Waals surface area (Å²) in [5.41, 5.74) is 1.44. The molecule has 3 N–H and O–H groups in total. The maximum atomic E-state index is 12.0. The Morgan fingerprint density at radius 2 is 1.85 bits per heavy atom. The van der Waals surface area contributed by atoms with Gasteiger partial charge >= 0.3 is 0 Å². The van der Waals surface area contributed by atoms with Gasteiger partial charge in [-0.15, -0.1) is 11.8 Å². The molecule has 1 saturated heterocycles. The number of hydrogen-bond donors (Lipinski definition) is 3. The van der Waals surface area contributed by atoms with E-state index in [0.717, 1.165) is 30.2 Å². The van der Waals surface area contributed by atoms with Gasteiger partial charge in [0.2, 0.25) is 11.8 Å². The summed E-state index contributed by atoms with van der Waals surface area (Å²) in [5, 5.41) is 8.88. The van der Waals surface area contributed by atoms with Crippen LogP contribution in [0.1, 0.15) is 12.8 Å². The third kappa shape index (κ3) is 3.32. The molecule has 1 aliphatic heterocycles. The lowest BCUT2D eigenvalue weighted by Gasteiger charge is -2.12. The Balaban J connectivity index is 1.61. The van der Waals surface area contributed by atoms with E-state index >= 15 is 0 Å². The lowest BCUT2D eigenvalue weighted by Crippen LogP contribution is -2.37. The summed E-state index contributed by atoms with van der Waals surface area (Å²) in [4.78, 5) is 23.7. The standard InChI is InChI=1S/C14H17N3O2S/c18-13(9-4-5-9)16-10-2-1-3-11(6-10)17-14(19)12-7-20-8-15-12/h1-3,6,9,12,15H,4-5,7-8H2,(H,16,18)(H,17,19). The van der Waals surface area contributed by atoms with Gasteiger partial charge in [-0.2, -0.15) is 0 Å². The predicted octanol–water partition coefficient (Wildman–Crippen LogP) is 1.64. The number of carbonyl (C=O) groups is 2. The molecule has 5 nitrogen and oxygen atoms in total. The Hall–Kier alpha value is -1.53. The average molecular weight is 291 g/mol. The molecule has 1 unspecified atom stereocenters. The number of anilines is 2. The number of benzene rings is 1. The van der Waals surface area contributed by atoms with Gasteiger partial charge < -0.3 is 10.6 Å². The minimum Gasteiger partial charge on any atom is -0.326 e. The normalized spacial score (nSPS) is 21.5. The highest BCUT2D eigenvalue weighted by Crippen LogP contribution is 2.30. The van der Waals surface area contributed by atoms with E-state index in [0.29, 0.717) is 5.69 Å². The molecule has 3 rings (SSSR count). The van der Waals surface area contributed by atoms with Crippen LogP contribution < -0.4 is 16.0 Å². The fourth-order valence-electron chi connectivity index (χ4n) is 2.06. The van der Waals surface area contributed by atoms with E-state index in [9.17, 15) is 9.59 Å². The van der Waals surface area contributed by atoms with Gasteiger partial charge in [0.25, 0.3) is 0 Å². The van der Waals surface area contributed by atoms with Crippen molar-refractivity contribution in [3.8, 4) is 0 Å². The van der Waals surface area contributed by atoms with Crippen molar-refractivity contribution >= 4 is 35.0 Å². The molecule has 0 bridgehead atoms. The summed E-state index contributed by atoms with van der Waals surface area (Å²) in [6.07, 6.45) is 1.96. The van der Waals surface area contributed by atoms with Crippen LogP contribution in [0.15, 0.2) is 24.3 Å². The topological polar surface area (TPSA) is 70.2 Å². The minimum atomic E-state index is -0.135. The summed E-state index contributed by atoms with van der Waals surface area (Å²) < 4.78 is 0. The maximum absolute atomic E-state index is 12.0. The van der Waals surface area contributed by atoms with Crippen molar-refractivity contribution in [1.29, 1.82) is 0 Å². The Morgan fingerprint density at radius 3 is 2.45 bits per heavy atom. The van der Waals surface area contributed by atoms with Crippen LogP contribution in [0.25, 0.3) is 0 Å². The zero-order valence-corrected chi connectivity index (χ0v) is 11.8. The van der Waals surface area contributed by atoms with Crippen LogP contribution in [0, 0.1) is 5.92 Å². The molecule has 106 valence electrons. The zero-order valence-electron chi connectivity index (χ0n) is 11.0. The van der Waals surface area contributed by atoms with Gasteiger partial charge in [0.15, 0.2) is 0 Å². The fourth-order valence-corrected chi connectivity index (χ4v) is 3.00. The third-order valence-electron chi connectivity index (χ3n) is 3.38. The van der Waals surface area contributed by atoms with Gasteiger partial charge in [0.1, 0.15) is 0 Å². The zero-order chi connectivity index (χ0) is 13.9. The van der Waals surface area contributed by atoms with Crippen LogP contribution in [0.3, 0.4) is 0 Å². The molecular formula is C14H17N3O2S. The SMILES string of the molecule is O=C(Nc1cccc(NC(=O)C2CSCN2)c1)C1CC1. The van der Waals surface area contributed by atoms with Gasteiger partial charge in [0, 0.05) is 28.9 Å². The van der Waals surface area contributed by atoms with E-state index in [4.69, 9.17) is 0 Å². The first-order valence-electron chi connectivity index (χ1n) is 6.75. The molecule has 0 spiro atoms. The number of rotatable bonds is 4. The second-order valence-corrected chi connectivity index (χ2v) is 6.14. The molecule has 1 aliphatic carbocycles. The largest absolute Gasteiger partial charge is 0.326 e. The molecule has 0 radical (unpaired) electrons. The summed E-state index contributed by atoms with van der Waals surface area (Å²) in [6, 6.07) is 7.14. The smallest absolute Gasteiger partial charge is 0.242 e. The van der Waals surface area contributed by atoms with Crippen molar-refractivity contribution in [1.82, 2.24) is 5.32 Å². The van der Waals surface area contributed by atoms with E-state index in [-0.39, 0.29) is 23.8 Å². The van der Waals surface area contributed by atoms with Crippen LogP contribution in [-0.4, -0.2) is 29.5 Å². The lowest BCUT2D eigenvalue weighted by atomic mass is 10.2. The molecule has 1 atom stereocenters. The summed E-state index contributed by atoms with van der Waals surface area (Å²) >= 11 is 1.71. The van der Waals surface area contributed by atoms with Crippen LogP contribution in [-0.2, 0) is 9.59 Å². The van der Waals surface area contributed by atoms with Crippen LogP contribution in [0.4, 0.5) is 11.4 Å². The predicted molar refractivity (Wildman–Crippen MR) is 80.7 cm³/mol. The van der Waals surface area contributed by atoms with Crippen molar-refractivity contribution in [2.24, 2.45) is 5.92 Å². The van der Waals surface area contributed by atoms with E-state index in [1.165, 1.54) is 0 Å². The minimum absolute atomic E-state index is 0.0272. The van der Waals surface area contributed by atoms with Crippen molar-refractivity contribution in [2.75, 3.05) is 22.3 Å². The molecule has 2 amide bonds. The number of hydrogen-bond acceptors (Lipinski definition) is 4. The average Bonchev–Trinajstić information content (AvgIpc) is 3.14. The highest BCUT2D eigenvalue weighted by Gasteiger charge is 2.29. The third-order valence-corrected chi connectivity index (χ3v) is 4.32. The van der Waals surface area contributed by atoms with Gasteiger partial charge in [-0.1, -0.05) is 6.07 Å². The van der Waals surface area contributed by atoms with Gasteiger partial charge in [0.05, 0.1) is 6.04 Å². The molecule has 2 fully saturated rings. The van der Waals surface area contributed by atoms with Crippen LogP contribution in [0.5, 0.6) is 0 Å². The van der Waals surface area contributed by atoms with Crippen molar-refractivity contribution in [3.05, 3.63) is 24.3 Å².